The molecule has 6 heteroatoms. The van der Waals surface area contributed by atoms with Crippen LogP contribution in [0, 0.1) is 10.1 Å². The van der Waals surface area contributed by atoms with Crippen LogP contribution in [0.3, 0.4) is 0 Å². The van der Waals surface area contributed by atoms with Gasteiger partial charge in [0.2, 0.25) is 0 Å². The Morgan fingerprint density at radius 1 is 0.950 bits per heavy atom. The molecule has 0 atom stereocenters. The van der Waals surface area contributed by atoms with Crippen molar-refractivity contribution in [3.8, 4) is 0 Å². The van der Waals surface area contributed by atoms with Crippen LogP contribution in [-0.2, 0) is 16.3 Å². The number of hydrogen-bond donors (Lipinski definition) is 0. The average molecular weight is 291 g/mol. The van der Waals surface area contributed by atoms with Gasteiger partial charge in [-0.05, 0) is 24.1 Å². The summed E-state index contributed by atoms with van der Waals surface area (Å²) in [6, 6.07) is 14.2. The molecule has 0 saturated carbocycles. The number of nitro benzene ring substituents is 1. The van der Waals surface area contributed by atoms with E-state index in [1.165, 1.54) is 12.1 Å². The van der Waals surface area contributed by atoms with Gasteiger partial charge in [0.1, 0.15) is 0 Å². The van der Waals surface area contributed by atoms with Crippen molar-refractivity contribution in [2.24, 2.45) is 0 Å². The third-order valence-corrected chi connectivity index (χ3v) is 4.64. The number of nitro groups is 1. The molecule has 20 heavy (non-hydrogen) atoms. The zero-order chi connectivity index (χ0) is 14.6. The van der Waals surface area contributed by atoms with E-state index in [9.17, 15) is 18.5 Å². The monoisotopic (exact) mass is 291 g/mol. The van der Waals surface area contributed by atoms with Gasteiger partial charge in [-0.15, -0.1) is 0 Å². The van der Waals surface area contributed by atoms with Crippen LogP contribution in [0.5, 0.6) is 0 Å². The first-order chi connectivity index (χ1) is 9.49. The summed E-state index contributed by atoms with van der Waals surface area (Å²) in [5, 5.41) is 10.5. The van der Waals surface area contributed by atoms with E-state index in [2.05, 4.69) is 0 Å². The Morgan fingerprint density at radius 2 is 1.55 bits per heavy atom. The minimum atomic E-state index is -3.32. The van der Waals surface area contributed by atoms with Crippen molar-refractivity contribution < 1.29 is 13.3 Å². The summed E-state index contributed by atoms with van der Waals surface area (Å²) in [4.78, 5) is 10.3. The van der Waals surface area contributed by atoms with Crippen molar-refractivity contribution in [1.82, 2.24) is 0 Å². The Morgan fingerprint density at radius 3 is 2.10 bits per heavy atom. The lowest BCUT2D eigenvalue weighted by Crippen LogP contribution is -2.09. The lowest BCUT2D eigenvalue weighted by atomic mass is 10.1. The maximum atomic E-state index is 12.1. The van der Waals surface area contributed by atoms with Crippen molar-refractivity contribution >= 4 is 15.5 Å². The van der Waals surface area contributed by atoms with Gasteiger partial charge in [0.25, 0.3) is 5.69 Å². The number of nitrogens with zero attached hydrogens (tertiary/aromatic N) is 1. The highest BCUT2D eigenvalue weighted by Crippen LogP contribution is 2.15. The lowest BCUT2D eigenvalue weighted by Gasteiger charge is -2.04. The Kier molecular flexibility index (Phi) is 4.14. The summed E-state index contributed by atoms with van der Waals surface area (Å²) in [5.41, 5.74) is 0.759. The number of benzene rings is 2. The molecule has 0 unspecified atom stereocenters. The Balaban J connectivity index is 2.07. The van der Waals surface area contributed by atoms with Crippen molar-refractivity contribution in [2.45, 2.75) is 11.3 Å². The maximum absolute atomic E-state index is 12.1. The average Bonchev–Trinajstić information content (AvgIpc) is 2.46. The minimum Gasteiger partial charge on any atom is -0.258 e. The molecule has 0 heterocycles. The third kappa shape index (κ3) is 3.42. The molecule has 0 spiro atoms. The molecule has 5 nitrogen and oxygen atoms in total. The zero-order valence-corrected chi connectivity index (χ0v) is 11.4. The van der Waals surface area contributed by atoms with Crippen molar-refractivity contribution in [1.29, 1.82) is 0 Å². The second-order valence-electron chi connectivity index (χ2n) is 4.31. The molecule has 0 aliphatic rings. The zero-order valence-electron chi connectivity index (χ0n) is 10.6. The smallest absolute Gasteiger partial charge is 0.258 e. The quantitative estimate of drug-likeness (QED) is 0.626. The standard InChI is InChI=1S/C14H13NO4S/c16-15(17)13-8-6-12(7-9-13)10-11-20(18,19)14-4-2-1-3-5-14/h1-9H,10-11H2. The van der Waals surface area contributed by atoms with Gasteiger partial charge >= 0.3 is 0 Å². The SMILES string of the molecule is O=[N+]([O-])c1ccc(CCS(=O)(=O)c2ccccc2)cc1. The molecular formula is C14H13NO4S. The number of non-ortho nitro benzene ring substituents is 1. The van der Waals surface area contributed by atoms with E-state index < -0.39 is 14.8 Å². The first-order valence-corrected chi connectivity index (χ1v) is 7.65. The molecule has 0 fully saturated rings. The van der Waals surface area contributed by atoms with E-state index in [4.69, 9.17) is 0 Å². The number of sulfone groups is 1. The third-order valence-electron chi connectivity index (χ3n) is 2.91. The lowest BCUT2D eigenvalue weighted by molar-refractivity contribution is -0.384. The van der Waals surface area contributed by atoms with Crippen molar-refractivity contribution in [2.75, 3.05) is 5.75 Å². The summed E-state index contributed by atoms with van der Waals surface area (Å²) in [7, 11) is -3.32. The predicted molar refractivity (Wildman–Crippen MR) is 75.3 cm³/mol. The van der Waals surface area contributed by atoms with E-state index in [1.807, 2.05) is 0 Å². The molecular weight excluding hydrogens is 278 g/mol. The van der Waals surface area contributed by atoms with Crippen LogP contribution in [-0.4, -0.2) is 19.1 Å². The van der Waals surface area contributed by atoms with Gasteiger partial charge in [0.15, 0.2) is 9.84 Å². The Hall–Kier alpha value is -2.21. The van der Waals surface area contributed by atoms with Gasteiger partial charge in [-0.2, -0.15) is 0 Å². The number of hydrogen-bond acceptors (Lipinski definition) is 4. The Bertz CT molecular complexity index is 694. The predicted octanol–water partition coefficient (Wildman–Crippen LogP) is 2.61. The number of rotatable bonds is 5. The summed E-state index contributed by atoms with van der Waals surface area (Å²) >= 11 is 0. The fourth-order valence-electron chi connectivity index (χ4n) is 1.78. The summed E-state index contributed by atoms with van der Waals surface area (Å²) in [5.74, 6) is -0.0190. The first kappa shape index (κ1) is 14.2. The van der Waals surface area contributed by atoms with E-state index in [1.54, 1.807) is 42.5 Å². The fraction of sp³-hybridized carbons (Fsp3) is 0.143. The molecule has 0 bridgehead atoms. The van der Waals surface area contributed by atoms with E-state index in [0.717, 1.165) is 5.56 Å². The van der Waals surface area contributed by atoms with Gasteiger partial charge in [-0.25, -0.2) is 8.42 Å². The van der Waals surface area contributed by atoms with Crippen LogP contribution in [0.4, 0.5) is 5.69 Å². The molecule has 0 aromatic heterocycles. The van der Waals surface area contributed by atoms with Gasteiger partial charge in [0, 0.05) is 12.1 Å². The highest BCUT2D eigenvalue weighted by atomic mass is 32.2. The molecule has 0 aliphatic carbocycles. The van der Waals surface area contributed by atoms with Crippen LogP contribution >= 0.6 is 0 Å². The highest BCUT2D eigenvalue weighted by molar-refractivity contribution is 7.91. The van der Waals surface area contributed by atoms with Crippen molar-refractivity contribution in [3.05, 3.63) is 70.3 Å². The van der Waals surface area contributed by atoms with Gasteiger partial charge < -0.3 is 0 Å². The molecule has 0 aliphatic heterocycles. The summed E-state index contributed by atoms with van der Waals surface area (Å²) < 4.78 is 24.1. The van der Waals surface area contributed by atoms with Crippen LogP contribution in [0.25, 0.3) is 0 Å². The minimum absolute atomic E-state index is 0.000309. The van der Waals surface area contributed by atoms with E-state index in [-0.39, 0.29) is 11.4 Å². The first-order valence-electron chi connectivity index (χ1n) is 6.00. The van der Waals surface area contributed by atoms with E-state index >= 15 is 0 Å². The van der Waals surface area contributed by atoms with Crippen LogP contribution < -0.4 is 0 Å². The van der Waals surface area contributed by atoms with Crippen molar-refractivity contribution in [3.63, 3.8) is 0 Å². The highest BCUT2D eigenvalue weighted by Gasteiger charge is 2.14. The molecule has 2 rings (SSSR count). The largest absolute Gasteiger partial charge is 0.269 e. The van der Waals surface area contributed by atoms with Gasteiger partial charge in [-0.1, -0.05) is 30.3 Å². The fourth-order valence-corrected chi connectivity index (χ4v) is 3.09. The topological polar surface area (TPSA) is 77.3 Å². The molecule has 0 N–H and O–H groups in total. The Labute approximate surface area is 116 Å². The molecule has 2 aromatic carbocycles. The molecule has 0 saturated heterocycles. The van der Waals surface area contributed by atoms with Crippen LogP contribution in [0.15, 0.2) is 59.5 Å². The van der Waals surface area contributed by atoms with Gasteiger partial charge in [0.05, 0.1) is 15.6 Å². The molecule has 104 valence electrons. The summed E-state index contributed by atoms with van der Waals surface area (Å²) in [6.45, 7) is 0. The maximum Gasteiger partial charge on any atom is 0.269 e. The molecule has 0 radical (unpaired) electrons. The molecule has 2 aromatic rings. The molecule has 0 amide bonds. The van der Waals surface area contributed by atoms with Gasteiger partial charge in [-0.3, -0.25) is 10.1 Å². The normalized spacial score (nSPS) is 11.2. The summed E-state index contributed by atoms with van der Waals surface area (Å²) in [6.07, 6.45) is 0.329. The second-order valence-corrected chi connectivity index (χ2v) is 6.41. The number of aryl methyl sites for hydroxylation is 1. The van der Waals surface area contributed by atoms with E-state index in [0.29, 0.717) is 11.3 Å². The van der Waals surface area contributed by atoms with Crippen LogP contribution in [0.1, 0.15) is 5.56 Å². The van der Waals surface area contributed by atoms with Crippen LogP contribution in [0.2, 0.25) is 0 Å². The second kappa shape index (κ2) is 5.83.